The molecule has 2 aromatic carbocycles. The maximum absolute atomic E-state index is 11.4. The molecule has 1 aromatic heterocycles. The number of aromatic amines is 1. The fraction of sp³-hybridized carbons (Fsp3) is 0.320. The third kappa shape index (κ3) is 4.92. The number of hydrogen-bond donors (Lipinski definition) is 1. The number of piperazine rings is 1. The second-order valence-corrected chi connectivity index (χ2v) is 7.59. The highest BCUT2D eigenvalue weighted by molar-refractivity contribution is 5.80. The maximum Gasteiger partial charge on any atom is 0.248 e. The molecule has 0 amide bonds. The van der Waals surface area contributed by atoms with E-state index in [1.54, 1.807) is 6.07 Å². The molecule has 0 bridgehead atoms. The molecule has 30 heavy (non-hydrogen) atoms. The van der Waals surface area contributed by atoms with E-state index in [4.69, 9.17) is 4.74 Å². The highest BCUT2D eigenvalue weighted by Crippen LogP contribution is 2.28. The molecule has 1 fully saturated rings. The second-order valence-electron chi connectivity index (χ2n) is 7.59. The van der Waals surface area contributed by atoms with Crippen LogP contribution in [0, 0.1) is 0 Å². The Morgan fingerprint density at radius 1 is 1.03 bits per heavy atom. The SMILES string of the molecule is CCOc1ccccc1N1CCN(CC/C=C/c2ccc3[nH]c(=O)ccc3c2)CC1. The quantitative estimate of drug-likeness (QED) is 0.644. The summed E-state index contributed by atoms with van der Waals surface area (Å²) in [5.74, 6) is 0.982. The standard InChI is InChI=1S/C25H29N3O2/c1-2-30-24-9-4-3-8-23(24)28-17-15-27(16-18-28)14-6-5-7-20-10-12-22-21(19-20)11-13-25(29)26-22/h3-5,7-13,19H,2,6,14-18H2,1H3,(H,26,29)/b7-5+. The highest BCUT2D eigenvalue weighted by atomic mass is 16.5. The minimum Gasteiger partial charge on any atom is -0.492 e. The Morgan fingerprint density at radius 3 is 2.70 bits per heavy atom. The number of hydrogen-bond acceptors (Lipinski definition) is 4. The van der Waals surface area contributed by atoms with Crippen LogP contribution in [0.2, 0.25) is 0 Å². The zero-order valence-corrected chi connectivity index (χ0v) is 17.5. The van der Waals surface area contributed by atoms with Crippen molar-refractivity contribution in [3.05, 3.63) is 76.6 Å². The predicted molar refractivity (Wildman–Crippen MR) is 124 cm³/mol. The Labute approximate surface area is 177 Å². The van der Waals surface area contributed by atoms with E-state index >= 15 is 0 Å². The molecule has 3 aromatic rings. The van der Waals surface area contributed by atoms with Gasteiger partial charge in [0.05, 0.1) is 12.3 Å². The average Bonchev–Trinajstić information content (AvgIpc) is 2.78. The van der Waals surface area contributed by atoms with Crippen molar-refractivity contribution in [3.8, 4) is 5.75 Å². The van der Waals surface area contributed by atoms with Crippen molar-refractivity contribution in [2.75, 3.05) is 44.2 Å². The van der Waals surface area contributed by atoms with Crippen LogP contribution in [0.3, 0.4) is 0 Å². The van der Waals surface area contributed by atoms with E-state index in [1.165, 1.54) is 5.69 Å². The highest BCUT2D eigenvalue weighted by Gasteiger charge is 2.18. The van der Waals surface area contributed by atoms with Gasteiger partial charge in [0.1, 0.15) is 5.75 Å². The molecular formula is C25H29N3O2. The Balaban J connectivity index is 1.27. The molecule has 2 heterocycles. The summed E-state index contributed by atoms with van der Waals surface area (Å²) in [5, 5.41) is 1.06. The lowest BCUT2D eigenvalue weighted by Gasteiger charge is -2.36. The summed E-state index contributed by atoms with van der Waals surface area (Å²) in [5.41, 5.74) is 3.18. The molecule has 1 saturated heterocycles. The fourth-order valence-electron chi connectivity index (χ4n) is 3.96. The second kappa shape index (κ2) is 9.63. The lowest BCUT2D eigenvalue weighted by atomic mass is 10.1. The number of aromatic nitrogens is 1. The Morgan fingerprint density at radius 2 is 1.87 bits per heavy atom. The van der Waals surface area contributed by atoms with Crippen LogP contribution in [0.1, 0.15) is 18.9 Å². The number of fused-ring (bicyclic) bond motifs is 1. The molecule has 1 N–H and O–H groups in total. The summed E-state index contributed by atoms with van der Waals surface area (Å²) in [6.45, 7) is 7.97. The van der Waals surface area contributed by atoms with Gasteiger partial charge < -0.3 is 14.6 Å². The first kappa shape index (κ1) is 20.2. The lowest BCUT2D eigenvalue weighted by molar-refractivity contribution is 0.261. The van der Waals surface area contributed by atoms with E-state index < -0.39 is 0 Å². The Kier molecular flexibility index (Phi) is 6.50. The van der Waals surface area contributed by atoms with Crippen LogP contribution in [0.25, 0.3) is 17.0 Å². The van der Waals surface area contributed by atoms with E-state index in [1.807, 2.05) is 31.2 Å². The summed E-state index contributed by atoms with van der Waals surface area (Å²) < 4.78 is 5.79. The van der Waals surface area contributed by atoms with Gasteiger partial charge in [0.15, 0.2) is 0 Å². The van der Waals surface area contributed by atoms with Gasteiger partial charge in [0.2, 0.25) is 5.56 Å². The van der Waals surface area contributed by atoms with Gasteiger partial charge >= 0.3 is 0 Å². The molecule has 1 aliphatic rings. The molecule has 156 valence electrons. The van der Waals surface area contributed by atoms with Gasteiger partial charge in [-0.3, -0.25) is 9.69 Å². The first-order valence-corrected chi connectivity index (χ1v) is 10.7. The normalized spacial score (nSPS) is 15.2. The molecular weight excluding hydrogens is 374 g/mol. The van der Waals surface area contributed by atoms with Gasteiger partial charge in [-0.1, -0.05) is 30.4 Å². The zero-order valence-electron chi connectivity index (χ0n) is 17.5. The topological polar surface area (TPSA) is 48.6 Å². The van der Waals surface area contributed by atoms with E-state index in [0.717, 1.165) is 61.4 Å². The van der Waals surface area contributed by atoms with Crippen molar-refractivity contribution in [1.82, 2.24) is 9.88 Å². The van der Waals surface area contributed by atoms with E-state index in [2.05, 4.69) is 51.2 Å². The Bertz CT molecular complexity index is 1070. The fourth-order valence-corrected chi connectivity index (χ4v) is 3.96. The average molecular weight is 404 g/mol. The summed E-state index contributed by atoms with van der Waals surface area (Å²) in [6.07, 6.45) is 5.43. The number of ether oxygens (including phenoxy) is 1. The van der Waals surface area contributed by atoms with Gasteiger partial charge in [-0.05, 0) is 54.6 Å². The minimum atomic E-state index is -0.0627. The first-order valence-electron chi connectivity index (χ1n) is 10.7. The number of nitrogens with zero attached hydrogens (tertiary/aromatic N) is 2. The summed E-state index contributed by atoms with van der Waals surface area (Å²) >= 11 is 0. The van der Waals surface area contributed by atoms with Gasteiger partial charge in [-0.15, -0.1) is 0 Å². The molecule has 4 rings (SSSR count). The molecule has 0 radical (unpaired) electrons. The van der Waals surface area contributed by atoms with Gasteiger partial charge in [0, 0.05) is 44.3 Å². The Hall–Kier alpha value is -3.05. The number of nitrogens with one attached hydrogen (secondary N) is 1. The summed E-state index contributed by atoms with van der Waals surface area (Å²) in [6, 6.07) is 17.9. The van der Waals surface area contributed by atoms with Crippen molar-refractivity contribution in [1.29, 1.82) is 0 Å². The van der Waals surface area contributed by atoms with Crippen molar-refractivity contribution in [2.24, 2.45) is 0 Å². The number of H-pyrrole nitrogens is 1. The largest absolute Gasteiger partial charge is 0.492 e. The van der Waals surface area contributed by atoms with Crippen LogP contribution in [-0.2, 0) is 0 Å². The van der Waals surface area contributed by atoms with Crippen molar-refractivity contribution in [2.45, 2.75) is 13.3 Å². The number of anilines is 1. The van der Waals surface area contributed by atoms with Crippen LogP contribution < -0.4 is 15.2 Å². The first-order chi connectivity index (χ1) is 14.7. The monoisotopic (exact) mass is 403 g/mol. The van der Waals surface area contributed by atoms with Crippen LogP contribution in [0.15, 0.2) is 65.5 Å². The maximum atomic E-state index is 11.4. The predicted octanol–water partition coefficient (Wildman–Crippen LogP) is 4.15. The minimum absolute atomic E-state index is 0.0627. The van der Waals surface area contributed by atoms with Gasteiger partial charge in [-0.2, -0.15) is 0 Å². The zero-order chi connectivity index (χ0) is 20.8. The summed E-state index contributed by atoms with van der Waals surface area (Å²) in [4.78, 5) is 19.2. The third-order valence-corrected chi connectivity index (χ3v) is 5.55. The molecule has 0 spiro atoms. The number of benzene rings is 2. The van der Waals surface area contributed by atoms with Crippen LogP contribution in [0.5, 0.6) is 5.75 Å². The lowest BCUT2D eigenvalue weighted by Crippen LogP contribution is -2.46. The number of pyridine rings is 1. The van der Waals surface area contributed by atoms with Crippen LogP contribution in [-0.4, -0.2) is 49.2 Å². The molecule has 5 nitrogen and oxygen atoms in total. The van der Waals surface area contributed by atoms with Crippen molar-refractivity contribution >= 4 is 22.7 Å². The van der Waals surface area contributed by atoms with Gasteiger partial charge in [0.25, 0.3) is 0 Å². The molecule has 0 atom stereocenters. The van der Waals surface area contributed by atoms with Crippen LogP contribution >= 0.6 is 0 Å². The smallest absolute Gasteiger partial charge is 0.248 e. The molecule has 5 heteroatoms. The van der Waals surface area contributed by atoms with Gasteiger partial charge in [-0.25, -0.2) is 0 Å². The molecule has 1 aliphatic heterocycles. The molecule has 0 saturated carbocycles. The number of rotatable bonds is 7. The third-order valence-electron chi connectivity index (χ3n) is 5.55. The molecule has 0 unspecified atom stereocenters. The summed E-state index contributed by atoms with van der Waals surface area (Å²) in [7, 11) is 0. The van der Waals surface area contributed by atoms with Crippen molar-refractivity contribution in [3.63, 3.8) is 0 Å². The molecule has 0 aliphatic carbocycles. The number of para-hydroxylation sites is 2. The van der Waals surface area contributed by atoms with E-state index in [-0.39, 0.29) is 5.56 Å². The van der Waals surface area contributed by atoms with E-state index in [0.29, 0.717) is 6.61 Å². The van der Waals surface area contributed by atoms with Crippen molar-refractivity contribution < 1.29 is 4.74 Å². The van der Waals surface area contributed by atoms with Crippen LogP contribution in [0.4, 0.5) is 5.69 Å². The van der Waals surface area contributed by atoms with E-state index in [9.17, 15) is 4.79 Å².